The van der Waals surface area contributed by atoms with E-state index in [1.54, 1.807) is 6.07 Å². The van der Waals surface area contributed by atoms with Gasteiger partial charge in [-0.05, 0) is 12.1 Å². The van der Waals surface area contributed by atoms with Gasteiger partial charge >= 0.3 is 36.2 Å². The third-order valence-corrected chi connectivity index (χ3v) is 4.67. The molecule has 2 heterocycles. The van der Waals surface area contributed by atoms with E-state index in [2.05, 4.69) is 19.7 Å². The van der Waals surface area contributed by atoms with Crippen molar-refractivity contribution in [2.45, 2.75) is 17.5 Å². The summed E-state index contributed by atoms with van der Waals surface area (Å²) in [6, 6.07) is 5.89. The fraction of sp³-hybridized carbons (Fsp3) is 0.250. The average molecular weight is 424 g/mol. The molecule has 0 aliphatic rings. The van der Waals surface area contributed by atoms with Crippen LogP contribution in [0.5, 0.6) is 17.2 Å². The number of pyridine rings is 1. The third kappa shape index (κ3) is 5.39. The van der Waals surface area contributed by atoms with Crippen molar-refractivity contribution in [2.75, 3.05) is 14.2 Å². The van der Waals surface area contributed by atoms with Crippen LogP contribution in [0, 0.1) is 0 Å². The predicted molar refractivity (Wildman–Crippen MR) is 93.8 cm³/mol. The zero-order valence-electron chi connectivity index (χ0n) is 15.4. The summed E-state index contributed by atoms with van der Waals surface area (Å²) in [4.78, 5) is 11.3. The number of aromatic amines is 1. The number of imidazole rings is 1. The van der Waals surface area contributed by atoms with Gasteiger partial charge in [0.15, 0.2) is 16.7 Å². The van der Waals surface area contributed by atoms with Crippen LogP contribution in [-0.4, -0.2) is 45.5 Å². The number of hydrogen-bond donors (Lipinski definition) is 1. The molecule has 1 unspecified atom stereocenters. The standard InChI is InChI=1S/C16H15F2N3O4S.Na.H2O/c1-23-13-5-6-19-12(14(13)24-2)8-26(22)16-20-10-4-3-9(25-15(17)18)7-11(10)21-16;;/h3-7,15H,8H2,1-2H3,(H,20,21);;1H2/q;+1;. The molecule has 3 N–H and O–H groups in total. The van der Waals surface area contributed by atoms with Crippen molar-refractivity contribution in [3.8, 4) is 17.2 Å². The monoisotopic (exact) mass is 424 g/mol. The maximum atomic E-state index is 12.6. The van der Waals surface area contributed by atoms with E-state index >= 15 is 0 Å². The molecule has 0 spiro atoms. The molecule has 0 aliphatic heterocycles. The van der Waals surface area contributed by atoms with Crippen molar-refractivity contribution in [1.82, 2.24) is 15.0 Å². The zero-order valence-corrected chi connectivity index (χ0v) is 18.2. The normalized spacial score (nSPS) is 11.5. The van der Waals surface area contributed by atoms with Crippen LogP contribution in [-0.2, 0) is 16.6 Å². The molecule has 0 amide bonds. The Morgan fingerprint density at radius 2 is 1.96 bits per heavy atom. The molecule has 0 saturated heterocycles. The van der Waals surface area contributed by atoms with Gasteiger partial charge in [0.05, 0.1) is 47.5 Å². The first kappa shape index (κ1) is 24.2. The number of nitrogens with zero attached hydrogens (tertiary/aromatic N) is 2. The van der Waals surface area contributed by atoms with Crippen LogP contribution >= 0.6 is 0 Å². The van der Waals surface area contributed by atoms with Gasteiger partial charge in [-0.15, -0.1) is 0 Å². The molecule has 1 atom stereocenters. The minimum Gasteiger partial charge on any atom is -0.493 e. The maximum absolute atomic E-state index is 12.6. The van der Waals surface area contributed by atoms with Crippen molar-refractivity contribution in [3.63, 3.8) is 0 Å². The summed E-state index contributed by atoms with van der Waals surface area (Å²) in [5, 5.41) is 0.195. The van der Waals surface area contributed by atoms with Gasteiger partial charge in [-0.25, -0.2) is 4.98 Å². The number of aromatic nitrogens is 3. The number of H-pyrrole nitrogens is 1. The fourth-order valence-electron chi connectivity index (χ4n) is 2.40. The van der Waals surface area contributed by atoms with Gasteiger partial charge in [0, 0.05) is 18.3 Å². The number of benzene rings is 1. The molecule has 12 heteroatoms. The van der Waals surface area contributed by atoms with Gasteiger partial charge in [-0.3, -0.25) is 9.19 Å². The number of hydrogen-bond acceptors (Lipinski definition) is 6. The third-order valence-electron chi connectivity index (χ3n) is 3.51. The van der Waals surface area contributed by atoms with Crippen LogP contribution in [0.25, 0.3) is 11.0 Å². The maximum Gasteiger partial charge on any atom is 1.00 e. The van der Waals surface area contributed by atoms with E-state index < -0.39 is 17.4 Å². The van der Waals surface area contributed by atoms with E-state index in [-0.39, 0.29) is 51.7 Å². The Morgan fingerprint density at radius 3 is 2.61 bits per heavy atom. The van der Waals surface area contributed by atoms with Crippen LogP contribution in [0.3, 0.4) is 0 Å². The SMILES string of the molecule is COc1ccnc(CS(=O)c2nc3ccc(OC(F)F)cc3[nH]2)c1OC.O.[Na+]. The number of halogens is 2. The second-order valence-corrected chi connectivity index (χ2v) is 6.45. The van der Waals surface area contributed by atoms with E-state index in [0.717, 1.165) is 0 Å². The Kier molecular flexibility index (Phi) is 9.24. The molecule has 0 fully saturated rings. The van der Waals surface area contributed by atoms with Crippen molar-refractivity contribution in [2.24, 2.45) is 0 Å². The second-order valence-electron chi connectivity index (χ2n) is 5.08. The molecule has 3 rings (SSSR count). The number of nitrogens with one attached hydrogen (secondary N) is 1. The first-order valence-corrected chi connectivity index (χ1v) is 8.72. The van der Waals surface area contributed by atoms with E-state index in [0.29, 0.717) is 28.2 Å². The minimum atomic E-state index is -2.92. The molecule has 28 heavy (non-hydrogen) atoms. The van der Waals surface area contributed by atoms with Crippen molar-refractivity contribution >= 4 is 21.8 Å². The van der Waals surface area contributed by atoms with E-state index in [4.69, 9.17) is 9.47 Å². The first-order chi connectivity index (χ1) is 12.5. The van der Waals surface area contributed by atoms with Gasteiger partial charge in [-0.1, -0.05) is 0 Å². The molecule has 8 nitrogen and oxygen atoms in total. The number of ether oxygens (including phenoxy) is 3. The van der Waals surface area contributed by atoms with E-state index in [1.807, 2.05) is 0 Å². The summed E-state index contributed by atoms with van der Waals surface area (Å²) in [5.41, 5.74) is 1.38. The molecule has 3 aromatic rings. The van der Waals surface area contributed by atoms with Crippen molar-refractivity contribution < 1.29 is 62.2 Å². The number of rotatable bonds is 7. The molecule has 0 saturated carbocycles. The van der Waals surface area contributed by atoms with Crippen LogP contribution in [0.2, 0.25) is 0 Å². The average Bonchev–Trinajstić information content (AvgIpc) is 3.04. The predicted octanol–water partition coefficient (Wildman–Crippen LogP) is -0.936. The Morgan fingerprint density at radius 1 is 1.21 bits per heavy atom. The van der Waals surface area contributed by atoms with Crippen LogP contribution in [0.1, 0.15) is 5.69 Å². The summed E-state index contributed by atoms with van der Waals surface area (Å²) < 4.78 is 52.1. The van der Waals surface area contributed by atoms with Gasteiger partial charge in [0.1, 0.15) is 5.75 Å². The molecule has 0 aliphatic carbocycles. The number of alkyl halides is 2. The van der Waals surface area contributed by atoms with E-state index in [1.165, 1.54) is 38.6 Å². The van der Waals surface area contributed by atoms with Crippen molar-refractivity contribution in [1.29, 1.82) is 0 Å². The van der Waals surface area contributed by atoms with Gasteiger partial charge in [-0.2, -0.15) is 8.78 Å². The number of fused-ring (bicyclic) bond motifs is 1. The summed E-state index contributed by atoms with van der Waals surface area (Å²) >= 11 is 0. The molecule has 2 aromatic heterocycles. The molecule has 0 bridgehead atoms. The molecular formula is C16H17F2N3NaO5S+. The summed E-state index contributed by atoms with van der Waals surface area (Å²) in [5.74, 6) is 0.908. The largest absolute Gasteiger partial charge is 1.00 e. The fourth-order valence-corrected chi connectivity index (χ4v) is 3.41. The van der Waals surface area contributed by atoms with Gasteiger partial charge in [0.25, 0.3) is 0 Å². The first-order valence-electron chi connectivity index (χ1n) is 7.40. The van der Waals surface area contributed by atoms with E-state index in [9.17, 15) is 13.0 Å². The summed E-state index contributed by atoms with van der Waals surface area (Å²) in [7, 11) is 1.41. The molecule has 0 radical (unpaired) electrons. The Bertz CT molecular complexity index is 957. The van der Waals surface area contributed by atoms with Crippen molar-refractivity contribution in [3.05, 3.63) is 36.2 Å². The smallest absolute Gasteiger partial charge is 0.493 e. The Labute approximate surface area is 183 Å². The second kappa shape index (κ2) is 10.7. The van der Waals surface area contributed by atoms with Crippen LogP contribution in [0.15, 0.2) is 35.6 Å². The minimum absolute atomic E-state index is 0. The topological polar surface area (TPSA) is 118 Å². The summed E-state index contributed by atoms with van der Waals surface area (Å²) in [6.07, 6.45) is 1.53. The van der Waals surface area contributed by atoms with Crippen LogP contribution < -0.4 is 43.8 Å². The quantitative estimate of drug-likeness (QED) is 0.490. The zero-order chi connectivity index (χ0) is 18.7. The Balaban J connectivity index is 0.00000196. The molecular weight excluding hydrogens is 407 g/mol. The van der Waals surface area contributed by atoms with Crippen LogP contribution in [0.4, 0.5) is 8.78 Å². The summed E-state index contributed by atoms with van der Waals surface area (Å²) in [6.45, 7) is -2.92. The number of methoxy groups -OCH3 is 2. The molecule has 146 valence electrons. The molecule has 1 aromatic carbocycles. The van der Waals surface area contributed by atoms with Gasteiger partial charge < -0.3 is 24.7 Å². The Hall–Kier alpha value is -1.79. The van der Waals surface area contributed by atoms with Gasteiger partial charge in [0.2, 0.25) is 0 Å².